The molecule has 1 aromatic heterocycles. The van der Waals surface area contributed by atoms with Gasteiger partial charge in [0.25, 0.3) is 0 Å². The summed E-state index contributed by atoms with van der Waals surface area (Å²) in [5, 5.41) is 2.94. The number of aromatic nitrogens is 1. The summed E-state index contributed by atoms with van der Waals surface area (Å²) in [6, 6.07) is 0. The normalized spacial score (nSPS) is 10.1. The molecule has 0 unspecified atom stereocenters. The van der Waals surface area contributed by atoms with E-state index < -0.39 is 0 Å². The number of nitrogens with zero attached hydrogens (tertiary/aromatic N) is 2. The molecule has 5 heteroatoms. The average molecular weight is 228 g/mol. The lowest BCUT2D eigenvalue weighted by Crippen LogP contribution is -2.21. The molecule has 0 N–H and O–H groups in total. The summed E-state index contributed by atoms with van der Waals surface area (Å²) < 4.78 is 4.85. The first-order valence-electron chi connectivity index (χ1n) is 4.92. The zero-order valence-electron chi connectivity index (χ0n) is 9.32. The third-order valence-electron chi connectivity index (χ3n) is 1.89. The van der Waals surface area contributed by atoms with Gasteiger partial charge in [0.1, 0.15) is 0 Å². The fourth-order valence-corrected chi connectivity index (χ4v) is 1.90. The molecule has 1 heterocycles. The van der Waals surface area contributed by atoms with Crippen LogP contribution in [0.15, 0.2) is 5.38 Å². The summed E-state index contributed by atoms with van der Waals surface area (Å²) in [4.78, 5) is 17.4. The van der Waals surface area contributed by atoms with Crippen LogP contribution in [0.5, 0.6) is 0 Å². The second-order valence-corrected chi connectivity index (χ2v) is 4.08. The number of carbonyl (C=O) groups excluding carboxylic acids is 1. The fourth-order valence-electron chi connectivity index (χ4n) is 1.10. The van der Waals surface area contributed by atoms with E-state index in [0.29, 0.717) is 19.6 Å². The number of thiazole rings is 1. The number of rotatable bonds is 5. The fraction of sp³-hybridized carbons (Fsp3) is 0.600. The maximum Gasteiger partial charge on any atom is 0.307 e. The first-order chi connectivity index (χ1) is 7.13. The minimum Gasteiger partial charge on any atom is -0.466 e. The van der Waals surface area contributed by atoms with Crippen molar-refractivity contribution in [3.8, 4) is 0 Å². The molecule has 84 valence electrons. The van der Waals surface area contributed by atoms with Gasteiger partial charge in [-0.3, -0.25) is 4.79 Å². The van der Waals surface area contributed by atoms with Crippen LogP contribution in [0.1, 0.15) is 19.0 Å². The van der Waals surface area contributed by atoms with Crippen LogP contribution in [0, 0.1) is 6.92 Å². The SMILES string of the molecule is CCOC(=O)CCN(C)c1nc(C)cs1. The maximum absolute atomic E-state index is 11.1. The Hall–Kier alpha value is -1.10. The third-order valence-corrected chi connectivity index (χ3v) is 2.96. The molecule has 4 nitrogen and oxygen atoms in total. The number of hydrogen-bond acceptors (Lipinski definition) is 5. The molecule has 0 fully saturated rings. The van der Waals surface area contributed by atoms with Gasteiger partial charge in [-0.15, -0.1) is 11.3 Å². The monoisotopic (exact) mass is 228 g/mol. The van der Waals surface area contributed by atoms with E-state index in [1.807, 2.05) is 31.2 Å². The predicted molar refractivity (Wildman–Crippen MR) is 61.4 cm³/mol. The number of ether oxygens (including phenoxy) is 1. The zero-order chi connectivity index (χ0) is 11.3. The van der Waals surface area contributed by atoms with Gasteiger partial charge < -0.3 is 9.64 Å². The van der Waals surface area contributed by atoms with E-state index in [-0.39, 0.29) is 5.97 Å². The largest absolute Gasteiger partial charge is 0.466 e. The number of aryl methyl sites for hydroxylation is 1. The number of esters is 1. The van der Waals surface area contributed by atoms with Gasteiger partial charge in [0, 0.05) is 19.0 Å². The molecule has 1 rings (SSSR count). The summed E-state index contributed by atoms with van der Waals surface area (Å²) >= 11 is 1.59. The van der Waals surface area contributed by atoms with Crippen molar-refractivity contribution < 1.29 is 9.53 Å². The van der Waals surface area contributed by atoms with Crippen LogP contribution in [0.25, 0.3) is 0 Å². The van der Waals surface area contributed by atoms with Crippen LogP contribution in [-0.4, -0.2) is 31.2 Å². The Morgan fingerprint density at radius 2 is 2.40 bits per heavy atom. The van der Waals surface area contributed by atoms with E-state index in [1.54, 1.807) is 11.3 Å². The Kier molecular flexibility index (Phi) is 4.55. The van der Waals surface area contributed by atoms with Crippen LogP contribution >= 0.6 is 11.3 Å². The number of carbonyl (C=O) groups is 1. The van der Waals surface area contributed by atoms with E-state index in [1.165, 1.54) is 0 Å². The van der Waals surface area contributed by atoms with Crippen LogP contribution in [-0.2, 0) is 9.53 Å². The van der Waals surface area contributed by atoms with Gasteiger partial charge in [0.2, 0.25) is 0 Å². The Morgan fingerprint density at radius 3 is 2.93 bits per heavy atom. The molecule has 0 saturated heterocycles. The minimum atomic E-state index is -0.155. The van der Waals surface area contributed by atoms with E-state index in [4.69, 9.17) is 4.74 Å². The first kappa shape index (κ1) is 12.0. The van der Waals surface area contributed by atoms with Crippen molar-refractivity contribution in [2.75, 3.05) is 25.1 Å². The quantitative estimate of drug-likeness (QED) is 0.721. The third kappa shape index (κ3) is 3.87. The van der Waals surface area contributed by atoms with Gasteiger partial charge in [0.05, 0.1) is 18.7 Å². The van der Waals surface area contributed by atoms with Crippen LogP contribution in [0.2, 0.25) is 0 Å². The van der Waals surface area contributed by atoms with Gasteiger partial charge in [-0.05, 0) is 13.8 Å². The van der Waals surface area contributed by atoms with Crippen molar-refractivity contribution in [3.05, 3.63) is 11.1 Å². The highest BCUT2D eigenvalue weighted by atomic mass is 32.1. The first-order valence-corrected chi connectivity index (χ1v) is 5.80. The van der Waals surface area contributed by atoms with Crippen molar-refractivity contribution in [2.45, 2.75) is 20.3 Å². The van der Waals surface area contributed by atoms with Crippen molar-refractivity contribution >= 4 is 22.4 Å². The molecule has 0 radical (unpaired) electrons. The standard InChI is InChI=1S/C10H16N2O2S/c1-4-14-9(13)5-6-12(3)10-11-8(2)7-15-10/h7H,4-6H2,1-3H3. The zero-order valence-corrected chi connectivity index (χ0v) is 10.1. The van der Waals surface area contributed by atoms with Crippen molar-refractivity contribution in [3.63, 3.8) is 0 Å². The topological polar surface area (TPSA) is 42.4 Å². The molecular weight excluding hydrogens is 212 g/mol. The highest BCUT2D eigenvalue weighted by molar-refractivity contribution is 7.13. The second-order valence-electron chi connectivity index (χ2n) is 3.25. The summed E-state index contributed by atoms with van der Waals surface area (Å²) in [5.74, 6) is -0.155. The van der Waals surface area contributed by atoms with Crippen molar-refractivity contribution in [1.82, 2.24) is 4.98 Å². The van der Waals surface area contributed by atoms with Crippen molar-refractivity contribution in [1.29, 1.82) is 0 Å². The molecule has 1 aromatic rings. The highest BCUT2D eigenvalue weighted by Crippen LogP contribution is 2.18. The van der Waals surface area contributed by atoms with E-state index >= 15 is 0 Å². The second kappa shape index (κ2) is 5.70. The molecule has 0 aromatic carbocycles. The van der Waals surface area contributed by atoms with E-state index in [0.717, 1.165) is 10.8 Å². The van der Waals surface area contributed by atoms with Gasteiger partial charge in [-0.1, -0.05) is 0 Å². The van der Waals surface area contributed by atoms with Crippen LogP contribution in [0.4, 0.5) is 5.13 Å². The van der Waals surface area contributed by atoms with Crippen LogP contribution in [0.3, 0.4) is 0 Å². The van der Waals surface area contributed by atoms with Gasteiger partial charge in [-0.2, -0.15) is 0 Å². The Balaban J connectivity index is 2.36. The van der Waals surface area contributed by atoms with Gasteiger partial charge in [0.15, 0.2) is 5.13 Å². The van der Waals surface area contributed by atoms with Crippen molar-refractivity contribution in [2.24, 2.45) is 0 Å². The summed E-state index contributed by atoms with van der Waals surface area (Å²) in [6.07, 6.45) is 0.406. The summed E-state index contributed by atoms with van der Waals surface area (Å²) in [5.41, 5.74) is 1.01. The molecule has 0 aliphatic heterocycles. The number of hydrogen-bond donors (Lipinski definition) is 0. The molecule has 0 bridgehead atoms. The molecule has 0 atom stereocenters. The lowest BCUT2D eigenvalue weighted by molar-refractivity contribution is -0.142. The smallest absolute Gasteiger partial charge is 0.307 e. The molecular formula is C10H16N2O2S. The molecule has 0 aliphatic rings. The summed E-state index contributed by atoms with van der Waals surface area (Å²) in [7, 11) is 1.93. The lowest BCUT2D eigenvalue weighted by Gasteiger charge is -2.14. The Morgan fingerprint density at radius 1 is 1.67 bits per heavy atom. The average Bonchev–Trinajstić information content (AvgIpc) is 2.62. The Bertz CT molecular complexity index is 325. The Labute approximate surface area is 93.9 Å². The van der Waals surface area contributed by atoms with Gasteiger partial charge >= 0.3 is 5.97 Å². The summed E-state index contributed by atoms with van der Waals surface area (Å²) in [6.45, 7) is 4.86. The molecule has 0 amide bonds. The van der Waals surface area contributed by atoms with Crippen LogP contribution < -0.4 is 4.90 Å². The maximum atomic E-state index is 11.1. The molecule has 0 saturated carbocycles. The molecule has 0 aliphatic carbocycles. The van der Waals surface area contributed by atoms with E-state index in [2.05, 4.69) is 4.98 Å². The molecule has 0 spiro atoms. The lowest BCUT2D eigenvalue weighted by atomic mass is 10.4. The highest BCUT2D eigenvalue weighted by Gasteiger charge is 2.08. The number of anilines is 1. The predicted octanol–water partition coefficient (Wildman–Crippen LogP) is 1.84. The molecule has 15 heavy (non-hydrogen) atoms. The minimum absolute atomic E-state index is 0.155. The van der Waals surface area contributed by atoms with Gasteiger partial charge in [-0.25, -0.2) is 4.98 Å². The van der Waals surface area contributed by atoms with E-state index in [9.17, 15) is 4.79 Å².